The fourth-order valence-electron chi connectivity index (χ4n) is 5.38. The van der Waals surface area contributed by atoms with E-state index in [1.54, 1.807) is 25.1 Å². The van der Waals surface area contributed by atoms with Crippen LogP contribution < -0.4 is 10.6 Å². The van der Waals surface area contributed by atoms with Gasteiger partial charge < -0.3 is 15.6 Å². The predicted molar refractivity (Wildman–Crippen MR) is 138 cm³/mol. The first-order valence-corrected chi connectivity index (χ1v) is 13.9. The molecule has 2 heterocycles. The molecule has 3 N–H and O–H groups in total. The Labute approximate surface area is 241 Å². The molecule has 43 heavy (non-hydrogen) atoms. The molecule has 1 unspecified atom stereocenters. The van der Waals surface area contributed by atoms with E-state index < -0.39 is 66.6 Å². The summed E-state index contributed by atoms with van der Waals surface area (Å²) in [5.41, 5.74) is 1.49. The van der Waals surface area contributed by atoms with E-state index >= 15 is 0 Å². The van der Waals surface area contributed by atoms with Gasteiger partial charge in [0.15, 0.2) is 0 Å². The van der Waals surface area contributed by atoms with Crippen molar-refractivity contribution in [3.8, 4) is 0 Å². The zero-order chi connectivity index (χ0) is 31.2. The molecular weight excluding hydrogens is 587 g/mol. The second kappa shape index (κ2) is 11.4. The first kappa shape index (κ1) is 30.7. The van der Waals surface area contributed by atoms with Crippen LogP contribution in [-0.4, -0.2) is 54.8 Å². The van der Waals surface area contributed by atoms with Gasteiger partial charge in [0.2, 0.25) is 11.8 Å². The minimum absolute atomic E-state index is 0.0534. The van der Waals surface area contributed by atoms with Gasteiger partial charge in [-0.25, -0.2) is 27.2 Å². The second-order valence-electron chi connectivity index (χ2n) is 11.4. The summed E-state index contributed by atoms with van der Waals surface area (Å²) < 4.78 is 93.4. The lowest BCUT2D eigenvalue weighted by Gasteiger charge is -2.33. The molecule has 5 rings (SSSR count). The summed E-state index contributed by atoms with van der Waals surface area (Å²) in [4.78, 5) is 33.0. The summed E-state index contributed by atoms with van der Waals surface area (Å²) in [5.74, 6) is -8.19. The van der Waals surface area contributed by atoms with Gasteiger partial charge in [-0.2, -0.15) is 13.2 Å². The Morgan fingerprint density at radius 1 is 1.14 bits per heavy atom. The van der Waals surface area contributed by atoms with E-state index in [2.05, 4.69) is 30.9 Å². The number of halogens is 7. The molecule has 2 fully saturated rings. The fraction of sp³-hybridized carbons (Fsp3) is 0.593. The zero-order valence-electron chi connectivity index (χ0n) is 23.0. The highest BCUT2D eigenvalue weighted by molar-refractivity contribution is 5.92. The summed E-state index contributed by atoms with van der Waals surface area (Å²) in [6.45, 7) is 1.41. The smallest absolute Gasteiger partial charge is 0.350 e. The van der Waals surface area contributed by atoms with Crippen molar-refractivity contribution in [2.45, 2.75) is 88.5 Å². The molecule has 2 aliphatic carbocycles. The largest absolute Gasteiger partial charge is 0.389 e. The van der Waals surface area contributed by atoms with Crippen molar-refractivity contribution in [3.63, 3.8) is 0 Å². The lowest BCUT2D eigenvalue weighted by molar-refractivity contribution is -0.144. The Kier molecular flexibility index (Phi) is 8.15. The number of fused-ring (bicyclic) bond motifs is 1. The van der Waals surface area contributed by atoms with Crippen LogP contribution in [0.15, 0.2) is 24.4 Å². The van der Waals surface area contributed by atoms with Crippen LogP contribution in [0.1, 0.15) is 85.8 Å². The van der Waals surface area contributed by atoms with Crippen molar-refractivity contribution in [1.29, 1.82) is 0 Å². The van der Waals surface area contributed by atoms with Crippen molar-refractivity contribution < 1.29 is 40.3 Å². The van der Waals surface area contributed by atoms with E-state index in [-0.39, 0.29) is 50.2 Å². The van der Waals surface area contributed by atoms with E-state index in [0.29, 0.717) is 16.6 Å². The number of hydrogen-bond donors (Lipinski definition) is 3. The highest BCUT2D eigenvalue weighted by atomic mass is 19.4. The first-order valence-electron chi connectivity index (χ1n) is 13.9. The van der Waals surface area contributed by atoms with Crippen molar-refractivity contribution in [1.82, 2.24) is 35.6 Å². The van der Waals surface area contributed by atoms with Crippen LogP contribution >= 0.6 is 0 Å². The van der Waals surface area contributed by atoms with Crippen molar-refractivity contribution in [2.24, 2.45) is 11.8 Å². The van der Waals surface area contributed by atoms with Gasteiger partial charge in [-0.15, -0.1) is 5.10 Å². The molecule has 2 saturated carbocycles. The van der Waals surface area contributed by atoms with Crippen LogP contribution in [-0.2, 0) is 11.3 Å². The molecule has 3 aromatic rings. The highest BCUT2D eigenvalue weighted by Crippen LogP contribution is 2.49. The summed E-state index contributed by atoms with van der Waals surface area (Å²) in [6.07, 6.45) is -6.14. The van der Waals surface area contributed by atoms with E-state index in [1.807, 2.05) is 0 Å². The van der Waals surface area contributed by atoms with Crippen LogP contribution in [0, 0.1) is 11.8 Å². The van der Waals surface area contributed by atoms with E-state index in [4.69, 9.17) is 0 Å². The van der Waals surface area contributed by atoms with Gasteiger partial charge in [-0.05, 0) is 43.4 Å². The van der Waals surface area contributed by atoms with Gasteiger partial charge in [0, 0.05) is 31.6 Å². The minimum atomic E-state index is -4.45. The predicted octanol–water partition coefficient (Wildman–Crippen LogP) is 5.63. The van der Waals surface area contributed by atoms with Crippen LogP contribution in [0.25, 0.3) is 11.0 Å². The summed E-state index contributed by atoms with van der Waals surface area (Å²) in [6, 6.07) is 3.47. The van der Waals surface area contributed by atoms with Gasteiger partial charge in [0.1, 0.15) is 11.5 Å². The number of nitrogens with one attached hydrogen (secondary N) is 3. The number of aromatic amines is 1. The number of hydrogen-bond acceptors (Lipinski definition) is 5. The molecule has 0 radical (unpaired) electrons. The van der Waals surface area contributed by atoms with Crippen LogP contribution in [0.3, 0.4) is 0 Å². The van der Waals surface area contributed by atoms with Gasteiger partial charge in [0.25, 0.3) is 11.8 Å². The number of aromatic nitrogens is 5. The maximum absolute atomic E-state index is 14.0. The molecule has 9 nitrogen and oxygen atoms in total. The number of alkyl halides is 7. The summed E-state index contributed by atoms with van der Waals surface area (Å²) in [7, 11) is 0. The van der Waals surface area contributed by atoms with Crippen molar-refractivity contribution >= 4 is 22.8 Å². The van der Waals surface area contributed by atoms with Gasteiger partial charge in [-0.3, -0.25) is 9.59 Å². The number of benzene rings is 1. The average Bonchev–Trinajstić information content (AvgIpc) is 3.27. The van der Waals surface area contributed by atoms with E-state index in [9.17, 15) is 40.3 Å². The first-order chi connectivity index (χ1) is 20.1. The Morgan fingerprint density at radius 3 is 2.49 bits per heavy atom. The molecule has 234 valence electrons. The number of carbonyl (C=O) groups is 2. The molecule has 2 amide bonds. The average molecular weight is 618 g/mol. The Bertz CT molecular complexity index is 1480. The molecule has 1 aromatic carbocycles. The number of carbonyl (C=O) groups excluding carboxylic acids is 2. The van der Waals surface area contributed by atoms with E-state index in [0.717, 1.165) is 10.9 Å². The Balaban J connectivity index is 1.35. The Morgan fingerprint density at radius 2 is 1.84 bits per heavy atom. The maximum atomic E-state index is 14.0. The monoisotopic (exact) mass is 617 g/mol. The molecular formula is C27H30F7N7O2. The van der Waals surface area contributed by atoms with Crippen molar-refractivity contribution in [3.05, 3.63) is 41.5 Å². The van der Waals surface area contributed by atoms with E-state index in [1.165, 1.54) is 0 Å². The lowest BCUT2D eigenvalue weighted by atomic mass is 9.81. The highest BCUT2D eigenvalue weighted by Gasteiger charge is 2.57. The van der Waals surface area contributed by atoms with Crippen molar-refractivity contribution in [2.75, 3.05) is 0 Å². The van der Waals surface area contributed by atoms with Crippen LogP contribution in [0.4, 0.5) is 30.7 Å². The van der Waals surface area contributed by atoms with Crippen LogP contribution in [0.2, 0.25) is 0 Å². The van der Waals surface area contributed by atoms with Gasteiger partial charge in [0.05, 0.1) is 42.3 Å². The van der Waals surface area contributed by atoms with Crippen LogP contribution in [0.5, 0.6) is 0 Å². The molecule has 16 heteroatoms. The molecule has 2 aromatic heterocycles. The van der Waals surface area contributed by atoms with Gasteiger partial charge in [-0.1, -0.05) is 11.3 Å². The Hall–Kier alpha value is -3.72. The molecule has 3 atom stereocenters. The lowest BCUT2D eigenvalue weighted by Crippen LogP contribution is -2.38. The standard InChI is InChI=1S/C27H30F7N7O2/c1-14(36-21(42)6-9-27(32,33)34)16-2-3-18-19(10-16)38-23(37-18)22(15-4-7-25(28,29)8-5-15)39-24(43)20-12-35-40-41(20)13-17-11-26(17,30)31/h2-3,10,12,14-15,17,22H,4-9,11,13H2,1H3,(H,36,42)(H,37,38)(H,39,43)/t14-,17?,22+/m1/s1. The van der Waals surface area contributed by atoms with Gasteiger partial charge >= 0.3 is 6.18 Å². The molecule has 2 aliphatic rings. The topological polar surface area (TPSA) is 118 Å². The maximum Gasteiger partial charge on any atom is 0.389 e. The molecule has 0 saturated heterocycles. The third-order valence-corrected chi connectivity index (χ3v) is 8.05. The minimum Gasteiger partial charge on any atom is -0.350 e. The number of rotatable bonds is 10. The number of nitrogens with zero attached hydrogens (tertiary/aromatic N) is 4. The fourth-order valence-corrected chi connectivity index (χ4v) is 5.38. The third-order valence-electron chi connectivity index (χ3n) is 8.05. The molecule has 0 spiro atoms. The summed E-state index contributed by atoms with van der Waals surface area (Å²) >= 11 is 0. The zero-order valence-corrected chi connectivity index (χ0v) is 23.0. The number of H-pyrrole nitrogens is 1. The summed E-state index contributed by atoms with van der Waals surface area (Å²) in [5, 5.41) is 12.8. The normalized spacial score (nSPS) is 21.3. The second-order valence-corrected chi connectivity index (χ2v) is 11.4. The number of imidazole rings is 1. The quantitative estimate of drug-likeness (QED) is 0.255. The SMILES string of the molecule is C[C@@H](NC(=O)CCC(F)(F)F)c1ccc2nc([C@@H](NC(=O)c3cnnn3CC3CC3(F)F)C3CCC(F)(F)CC3)[nH]c2c1. The number of amides is 2. The molecule has 0 aliphatic heterocycles. The molecule has 0 bridgehead atoms. The third kappa shape index (κ3) is 7.44.